The normalized spacial score (nSPS) is 23.6. The molecular formula is C15H30O. The molecule has 1 unspecified atom stereocenters. The molecule has 1 heterocycles. The van der Waals surface area contributed by atoms with E-state index in [0.717, 1.165) is 6.61 Å². The number of ether oxygens (including phenoxy) is 1. The molecule has 0 aromatic rings. The molecule has 0 aromatic heterocycles. The maximum atomic E-state index is 5.52. The summed E-state index contributed by atoms with van der Waals surface area (Å²) >= 11 is 0. The summed E-state index contributed by atoms with van der Waals surface area (Å²) in [5.74, 6) is 0. The predicted octanol–water partition coefficient (Wildman–Crippen LogP) is 5.09. The molecule has 1 nitrogen and oxygen atoms in total. The topological polar surface area (TPSA) is 12.5 Å². The lowest BCUT2D eigenvalue weighted by Gasteiger charge is -2.07. The second-order valence-corrected chi connectivity index (χ2v) is 5.40. The molecule has 0 aromatic carbocycles. The molecule has 1 rings (SSSR count). The summed E-state index contributed by atoms with van der Waals surface area (Å²) in [5.41, 5.74) is 0.334. The summed E-state index contributed by atoms with van der Waals surface area (Å²) in [5, 5.41) is 0. The SMILES string of the molecule is CCCCCCCCCCCC1(CC)CO1. The van der Waals surface area contributed by atoms with Crippen molar-refractivity contribution in [3.8, 4) is 0 Å². The van der Waals surface area contributed by atoms with Crippen LogP contribution in [0.15, 0.2) is 0 Å². The smallest absolute Gasteiger partial charge is 0.0914 e. The molecule has 0 saturated carbocycles. The molecule has 1 aliphatic heterocycles. The molecule has 0 bridgehead atoms. The van der Waals surface area contributed by atoms with Crippen LogP contribution in [0.3, 0.4) is 0 Å². The van der Waals surface area contributed by atoms with Gasteiger partial charge in [0.1, 0.15) is 0 Å². The van der Waals surface area contributed by atoms with Crippen LogP contribution in [0.5, 0.6) is 0 Å². The van der Waals surface area contributed by atoms with Gasteiger partial charge >= 0.3 is 0 Å². The highest BCUT2D eigenvalue weighted by Gasteiger charge is 2.41. The Labute approximate surface area is 102 Å². The van der Waals surface area contributed by atoms with E-state index in [1.54, 1.807) is 0 Å². The van der Waals surface area contributed by atoms with Gasteiger partial charge in [-0.3, -0.25) is 0 Å². The monoisotopic (exact) mass is 226 g/mol. The summed E-state index contributed by atoms with van der Waals surface area (Å²) in [6.07, 6.45) is 15.3. The molecular weight excluding hydrogens is 196 g/mol. The zero-order valence-electron chi connectivity index (χ0n) is 11.4. The van der Waals surface area contributed by atoms with Gasteiger partial charge < -0.3 is 4.74 Å². The molecule has 1 saturated heterocycles. The van der Waals surface area contributed by atoms with E-state index in [4.69, 9.17) is 4.74 Å². The molecule has 0 aliphatic carbocycles. The average molecular weight is 226 g/mol. The number of rotatable bonds is 11. The molecule has 0 amide bonds. The number of unbranched alkanes of at least 4 members (excludes halogenated alkanes) is 8. The Kier molecular flexibility index (Phi) is 7.11. The van der Waals surface area contributed by atoms with E-state index in [-0.39, 0.29) is 0 Å². The minimum atomic E-state index is 0.334. The highest BCUT2D eigenvalue weighted by atomic mass is 16.6. The van der Waals surface area contributed by atoms with E-state index >= 15 is 0 Å². The fourth-order valence-corrected chi connectivity index (χ4v) is 2.39. The van der Waals surface area contributed by atoms with Gasteiger partial charge in [-0.15, -0.1) is 0 Å². The van der Waals surface area contributed by atoms with Gasteiger partial charge in [0.25, 0.3) is 0 Å². The van der Waals surface area contributed by atoms with E-state index in [0.29, 0.717) is 5.60 Å². The summed E-state index contributed by atoms with van der Waals surface area (Å²) in [4.78, 5) is 0. The quantitative estimate of drug-likeness (QED) is 0.353. The van der Waals surface area contributed by atoms with Gasteiger partial charge in [-0.05, 0) is 12.8 Å². The van der Waals surface area contributed by atoms with Crippen molar-refractivity contribution in [1.29, 1.82) is 0 Å². The second-order valence-electron chi connectivity index (χ2n) is 5.40. The van der Waals surface area contributed by atoms with Gasteiger partial charge in [0.15, 0.2) is 0 Å². The summed E-state index contributed by atoms with van der Waals surface area (Å²) in [6.45, 7) is 5.56. The Morgan fingerprint density at radius 1 is 0.812 bits per heavy atom. The van der Waals surface area contributed by atoms with Crippen LogP contribution in [0.1, 0.15) is 84.5 Å². The second kappa shape index (κ2) is 8.11. The lowest BCUT2D eigenvalue weighted by atomic mass is 9.98. The third-order valence-corrected chi connectivity index (χ3v) is 3.93. The zero-order valence-corrected chi connectivity index (χ0v) is 11.4. The predicted molar refractivity (Wildman–Crippen MR) is 70.8 cm³/mol. The minimum absolute atomic E-state index is 0.334. The Hall–Kier alpha value is -0.0400. The van der Waals surface area contributed by atoms with E-state index in [1.165, 1.54) is 70.6 Å². The molecule has 1 atom stereocenters. The van der Waals surface area contributed by atoms with E-state index in [2.05, 4.69) is 13.8 Å². The summed E-state index contributed by atoms with van der Waals surface area (Å²) < 4.78 is 5.52. The molecule has 0 spiro atoms. The first-order valence-corrected chi connectivity index (χ1v) is 7.47. The van der Waals surface area contributed by atoms with Crippen molar-refractivity contribution >= 4 is 0 Å². The third kappa shape index (κ3) is 5.89. The molecule has 1 fully saturated rings. The Morgan fingerprint density at radius 3 is 1.75 bits per heavy atom. The fourth-order valence-electron chi connectivity index (χ4n) is 2.39. The van der Waals surface area contributed by atoms with Crippen molar-refractivity contribution in [2.75, 3.05) is 6.61 Å². The van der Waals surface area contributed by atoms with Crippen LogP contribution in [0.2, 0.25) is 0 Å². The largest absolute Gasteiger partial charge is 0.370 e. The van der Waals surface area contributed by atoms with Crippen molar-refractivity contribution in [1.82, 2.24) is 0 Å². The van der Waals surface area contributed by atoms with Gasteiger partial charge in [0.2, 0.25) is 0 Å². The number of hydrogen-bond acceptors (Lipinski definition) is 1. The Morgan fingerprint density at radius 2 is 1.31 bits per heavy atom. The fraction of sp³-hybridized carbons (Fsp3) is 1.00. The van der Waals surface area contributed by atoms with Crippen LogP contribution in [0.25, 0.3) is 0 Å². The molecule has 0 N–H and O–H groups in total. The summed E-state index contributed by atoms with van der Waals surface area (Å²) in [7, 11) is 0. The van der Waals surface area contributed by atoms with Crippen LogP contribution in [-0.2, 0) is 4.74 Å². The first-order valence-electron chi connectivity index (χ1n) is 7.47. The number of hydrogen-bond donors (Lipinski definition) is 0. The van der Waals surface area contributed by atoms with Gasteiger partial charge in [-0.2, -0.15) is 0 Å². The van der Waals surface area contributed by atoms with Crippen LogP contribution in [0, 0.1) is 0 Å². The maximum absolute atomic E-state index is 5.52. The van der Waals surface area contributed by atoms with E-state index in [1.807, 2.05) is 0 Å². The molecule has 1 aliphatic rings. The number of epoxide rings is 1. The Balaban J connectivity index is 1.75. The van der Waals surface area contributed by atoms with Crippen molar-refractivity contribution < 1.29 is 4.74 Å². The van der Waals surface area contributed by atoms with Gasteiger partial charge in [0, 0.05) is 0 Å². The lowest BCUT2D eigenvalue weighted by molar-refractivity contribution is 0.274. The lowest BCUT2D eigenvalue weighted by Crippen LogP contribution is -2.08. The average Bonchev–Trinajstić information content (AvgIpc) is 3.08. The van der Waals surface area contributed by atoms with E-state index in [9.17, 15) is 0 Å². The van der Waals surface area contributed by atoms with Gasteiger partial charge in [-0.1, -0.05) is 71.6 Å². The molecule has 96 valence electrons. The first kappa shape index (κ1) is 14.0. The molecule has 0 radical (unpaired) electrons. The van der Waals surface area contributed by atoms with Crippen LogP contribution >= 0.6 is 0 Å². The van der Waals surface area contributed by atoms with Crippen LogP contribution in [0.4, 0.5) is 0 Å². The van der Waals surface area contributed by atoms with Crippen LogP contribution < -0.4 is 0 Å². The van der Waals surface area contributed by atoms with Crippen LogP contribution in [-0.4, -0.2) is 12.2 Å². The first-order chi connectivity index (χ1) is 7.83. The van der Waals surface area contributed by atoms with Crippen molar-refractivity contribution in [2.24, 2.45) is 0 Å². The van der Waals surface area contributed by atoms with Crippen molar-refractivity contribution in [3.05, 3.63) is 0 Å². The van der Waals surface area contributed by atoms with Gasteiger partial charge in [0.05, 0.1) is 12.2 Å². The maximum Gasteiger partial charge on any atom is 0.0914 e. The molecule has 1 heteroatoms. The third-order valence-electron chi connectivity index (χ3n) is 3.93. The molecule has 16 heavy (non-hydrogen) atoms. The minimum Gasteiger partial charge on any atom is -0.370 e. The van der Waals surface area contributed by atoms with Crippen molar-refractivity contribution in [3.63, 3.8) is 0 Å². The van der Waals surface area contributed by atoms with E-state index < -0.39 is 0 Å². The zero-order chi connectivity index (χ0) is 11.7. The highest BCUT2D eigenvalue weighted by Crippen LogP contribution is 2.35. The standard InChI is InChI=1S/C15H30O/c1-3-5-6-7-8-9-10-11-12-13-15(4-2)14-16-15/h3-14H2,1-2H3. The highest BCUT2D eigenvalue weighted by molar-refractivity contribution is 4.90. The van der Waals surface area contributed by atoms with Crippen molar-refractivity contribution in [2.45, 2.75) is 90.1 Å². The Bertz CT molecular complexity index is 161. The van der Waals surface area contributed by atoms with Gasteiger partial charge in [-0.25, -0.2) is 0 Å². The summed E-state index contributed by atoms with van der Waals surface area (Å²) in [6, 6.07) is 0.